The first-order valence-corrected chi connectivity index (χ1v) is 13.8. The van der Waals surface area contributed by atoms with Gasteiger partial charge in [-0.3, -0.25) is 14.5 Å². The van der Waals surface area contributed by atoms with Gasteiger partial charge in [-0.15, -0.1) is 0 Å². The zero-order valence-electron chi connectivity index (χ0n) is 23.4. The molecule has 0 saturated carbocycles. The number of hydrogen-bond donors (Lipinski definition) is 1. The van der Waals surface area contributed by atoms with Crippen LogP contribution in [-0.2, 0) is 20.7 Å². The molecule has 1 aromatic carbocycles. The van der Waals surface area contributed by atoms with Crippen LogP contribution in [0.15, 0.2) is 24.3 Å². The molecule has 8 heteroatoms. The maximum Gasteiger partial charge on any atom is 0.410 e. The maximum absolute atomic E-state index is 13.6. The second kappa shape index (κ2) is 12.8. The van der Waals surface area contributed by atoms with E-state index in [1.807, 2.05) is 39.8 Å². The van der Waals surface area contributed by atoms with E-state index in [1.54, 1.807) is 4.90 Å². The van der Waals surface area contributed by atoms with Crippen LogP contribution in [-0.4, -0.2) is 79.0 Å². The molecule has 2 aliphatic heterocycles. The molecule has 2 heterocycles. The Balaban J connectivity index is 1.70. The largest absolute Gasteiger partial charge is 0.444 e. The summed E-state index contributed by atoms with van der Waals surface area (Å²) in [6.07, 6.45) is 3.59. The minimum absolute atomic E-state index is 0.0238. The lowest BCUT2D eigenvalue weighted by molar-refractivity contribution is -0.132. The van der Waals surface area contributed by atoms with Gasteiger partial charge in [-0.1, -0.05) is 25.5 Å². The Hall–Kier alpha value is -2.61. The lowest BCUT2D eigenvalue weighted by atomic mass is 9.81. The highest BCUT2D eigenvalue weighted by atomic mass is 16.6. The van der Waals surface area contributed by atoms with Crippen LogP contribution in [0.3, 0.4) is 0 Å². The molecule has 2 aliphatic rings. The molecular formula is C29H46N4O4. The quantitative estimate of drug-likeness (QED) is 0.566. The average molecular weight is 515 g/mol. The third-order valence-corrected chi connectivity index (χ3v) is 7.59. The number of rotatable bonds is 8. The monoisotopic (exact) mass is 514 g/mol. The number of ketones is 1. The lowest BCUT2D eigenvalue weighted by Gasteiger charge is -2.41. The molecule has 0 unspecified atom stereocenters. The van der Waals surface area contributed by atoms with E-state index in [0.717, 1.165) is 57.4 Å². The van der Waals surface area contributed by atoms with Crippen molar-refractivity contribution in [1.82, 2.24) is 9.80 Å². The normalized spacial score (nSPS) is 22.3. The molecule has 1 aromatic rings. The summed E-state index contributed by atoms with van der Waals surface area (Å²) in [6.45, 7) is 12.1. The van der Waals surface area contributed by atoms with Gasteiger partial charge in [-0.25, -0.2) is 4.79 Å². The molecule has 206 valence electrons. The number of piperidine rings is 1. The summed E-state index contributed by atoms with van der Waals surface area (Å²) >= 11 is 0. The van der Waals surface area contributed by atoms with Gasteiger partial charge < -0.3 is 20.3 Å². The topological polar surface area (TPSA) is 96.2 Å². The van der Waals surface area contributed by atoms with Crippen molar-refractivity contribution >= 4 is 23.5 Å². The number of carbonyl (C=O) groups excluding carboxylic acids is 3. The Labute approximate surface area is 222 Å². The second-order valence-corrected chi connectivity index (χ2v) is 11.7. The van der Waals surface area contributed by atoms with Gasteiger partial charge in [0, 0.05) is 44.2 Å². The first-order chi connectivity index (χ1) is 17.5. The van der Waals surface area contributed by atoms with Gasteiger partial charge in [0.1, 0.15) is 5.60 Å². The molecule has 3 rings (SSSR count). The van der Waals surface area contributed by atoms with Gasteiger partial charge >= 0.3 is 6.09 Å². The highest BCUT2D eigenvalue weighted by molar-refractivity contribution is 5.91. The van der Waals surface area contributed by atoms with E-state index in [0.29, 0.717) is 13.0 Å². The van der Waals surface area contributed by atoms with E-state index in [2.05, 4.69) is 29.0 Å². The highest BCUT2D eigenvalue weighted by Crippen LogP contribution is 2.30. The van der Waals surface area contributed by atoms with Crippen molar-refractivity contribution in [2.24, 2.45) is 17.6 Å². The minimum atomic E-state index is -0.644. The number of likely N-dealkylation sites (tertiary alicyclic amines) is 1. The summed E-state index contributed by atoms with van der Waals surface area (Å²) in [7, 11) is 2.15. The van der Waals surface area contributed by atoms with E-state index in [4.69, 9.17) is 10.5 Å². The van der Waals surface area contributed by atoms with Crippen molar-refractivity contribution in [3.8, 4) is 0 Å². The maximum atomic E-state index is 13.6. The number of benzene rings is 1. The first kappa shape index (κ1) is 29.0. The SMILES string of the molecule is CC[C@@H]1CCCN(C(=O)OC(C)(C)C)[C@@H]1C(=O)C[C@@H](Cc1ccc(N2CCCN(C)CC2)cc1)C(N)=O. The summed E-state index contributed by atoms with van der Waals surface area (Å²) < 4.78 is 5.61. The molecule has 2 N–H and O–H groups in total. The van der Waals surface area contributed by atoms with Crippen LogP contribution < -0.4 is 10.6 Å². The number of ether oxygens (including phenoxy) is 1. The van der Waals surface area contributed by atoms with Crippen LogP contribution in [0, 0.1) is 11.8 Å². The number of hydrogen-bond acceptors (Lipinski definition) is 6. The number of amides is 2. The molecule has 2 saturated heterocycles. The van der Waals surface area contributed by atoms with E-state index < -0.39 is 29.6 Å². The molecule has 0 bridgehead atoms. The summed E-state index contributed by atoms with van der Waals surface area (Å²) in [6, 6.07) is 7.68. The van der Waals surface area contributed by atoms with E-state index >= 15 is 0 Å². The number of Topliss-reactive ketones (excluding diaryl/α,β-unsaturated/α-hetero) is 1. The summed E-state index contributed by atoms with van der Waals surface area (Å²) in [5.41, 5.74) is 7.28. The number of primary amides is 1. The average Bonchev–Trinajstić information content (AvgIpc) is 3.06. The van der Waals surface area contributed by atoms with E-state index in [9.17, 15) is 14.4 Å². The molecule has 0 radical (unpaired) electrons. The van der Waals surface area contributed by atoms with E-state index in [-0.39, 0.29) is 18.1 Å². The van der Waals surface area contributed by atoms with Crippen LogP contribution in [0.25, 0.3) is 0 Å². The number of anilines is 1. The zero-order valence-corrected chi connectivity index (χ0v) is 23.4. The molecule has 2 fully saturated rings. The number of nitrogens with zero attached hydrogens (tertiary/aromatic N) is 3. The Kier molecular flexibility index (Phi) is 9.99. The minimum Gasteiger partial charge on any atom is -0.444 e. The molecule has 3 atom stereocenters. The van der Waals surface area contributed by atoms with Crippen LogP contribution in [0.2, 0.25) is 0 Å². The molecule has 0 aromatic heterocycles. The summed E-state index contributed by atoms with van der Waals surface area (Å²) in [5, 5.41) is 0. The Morgan fingerprint density at radius 1 is 1.03 bits per heavy atom. The van der Waals surface area contributed by atoms with Crippen LogP contribution in [0.5, 0.6) is 0 Å². The van der Waals surface area contributed by atoms with Crippen molar-refractivity contribution in [3.05, 3.63) is 29.8 Å². The third kappa shape index (κ3) is 8.19. The molecule has 0 aliphatic carbocycles. The Morgan fingerprint density at radius 3 is 2.35 bits per heavy atom. The second-order valence-electron chi connectivity index (χ2n) is 11.7. The van der Waals surface area contributed by atoms with Crippen LogP contribution in [0.4, 0.5) is 10.5 Å². The standard InChI is InChI=1S/C29H46N4O4/c1-6-22-9-7-16-33(28(36)37-29(2,3)4)26(22)25(34)20-23(27(30)35)19-21-10-12-24(13-11-21)32-15-8-14-31(5)17-18-32/h10-13,22-23,26H,6-9,14-20H2,1-5H3,(H2,30,35)/t22-,23-,26+/m1/s1. The smallest absolute Gasteiger partial charge is 0.410 e. The highest BCUT2D eigenvalue weighted by Gasteiger charge is 2.41. The lowest BCUT2D eigenvalue weighted by Crippen LogP contribution is -2.54. The number of carbonyl (C=O) groups is 3. The molecular weight excluding hydrogens is 468 g/mol. The van der Waals surface area contributed by atoms with Gasteiger partial charge in [0.05, 0.1) is 6.04 Å². The summed E-state index contributed by atoms with van der Waals surface area (Å²) in [5.74, 6) is -1.16. The van der Waals surface area contributed by atoms with Crippen molar-refractivity contribution in [2.75, 3.05) is 44.7 Å². The first-order valence-electron chi connectivity index (χ1n) is 13.8. The van der Waals surface area contributed by atoms with Crippen LogP contribution >= 0.6 is 0 Å². The van der Waals surface area contributed by atoms with Crippen molar-refractivity contribution in [2.45, 2.75) is 77.9 Å². The van der Waals surface area contributed by atoms with Crippen molar-refractivity contribution in [3.63, 3.8) is 0 Å². The molecule has 0 spiro atoms. The van der Waals surface area contributed by atoms with Crippen LogP contribution in [0.1, 0.15) is 65.4 Å². The fourth-order valence-electron chi connectivity index (χ4n) is 5.53. The van der Waals surface area contributed by atoms with Gasteiger partial charge in [0.2, 0.25) is 5.91 Å². The fraction of sp³-hybridized carbons (Fsp3) is 0.690. The fourth-order valence-corrected chi connectivity index (χ4v) is 5.53. The zero-order chi connectivity index (χ0) is 27.2. The van der Waals surface area contributed by atoms with Gasteiger partial charge in [-0.05, 0) is 83.7 Å². The molecule has 8 nitrogen and oxygen atoms in total. The van der Waals surface area contributed by atoms with Gasteiger partial charge in [-0.2, -0.15) is 0 Å². The van der Waals surface area contributed by atoms with Crippen molar-refractivity contribution in [1.29, 1.82) is 0 Å². The predicted octanol–water partition coefficient (Wildman–Crippen LogP) is 3.86. The molecule has 2 amide bonds. The number of likely N-dealkylation sites (N-methyl/N-ethyl adjacent to an activating group) is 1. The van der Waals surface area contributed by atoms with Crippen molar-refractivity contribution < 1.29 is 19.1 Å². The predicted molar refractivity (Wildman–Crippen MR) is 147 cm³/mol. The Morgan fingerprint density at radius 2 is 1.73 bits per heavy atom. The Bertz CT molecular complexity index is 927. The van der Waals surface area contributed by atoms with Gasteiger partial charge in [0.25, 0.3) is 0 Å². The van der Waals surface area contributed by atoms with Gasteiger partial charge in [0.15, 0.2) is 5.78 Å². The number of nitrogens with two attached hydrogens (primary N) is 1. The third-order valence-electron chi connectivity index (χ3n) is 7.59. The summed E-state index contributed by atoms with van der Waals surface area (Å²) in [4.78, 5) is 45.3. The molecule has 37 heavy (non-hydrogen) atoms. The van der Waals surface area contributed by atoms with E-state index in [1.165, 1.54) is 5.69 Å².